The van der Waals surface area contributed by atoms with Gasteiger partial charge in [0, 0.05) is 51.4 Å². The molecule has 7 nitrogen and oxygen atoms in total. The smallest absolute Gasteiger partial charge is 0.317 e. The highest BCUT2D eigenvalue weighted by molar-refractivity contribution is 5.98. The van der Waals surface area contributed by atoms with E-state index in [0.29, 0.717) is 36.9 Å². The zero-order chi connectivity index (χ0) is 20.3. The number of nitrogens with one attached hydrogen (secondary N) is 2. The summed E-state index contributed by atoms with van der Waals surface area (Å²) in [6.07, 6.45) is 6.00. The van der Waals surface area contributed by atoms with Crippen LogP contribution in [0.4, 0.5) is 10.6 Å². The van der Waals surface area contributed by atoms with Gasteiger partial charge in [0.2, 0.25) is 0 Å². The maximum absolute atomic E-state index is 12.7. The number of pyridine rings is 1. The second kappa shape index (κ2) is 8.80. The molecular weight excluding hydrogens is 354 g/mol. The molecule has 0 spiro atoms. The highest BCUT2D eigenvalue weighted by atomic mass is 16.2. The van der Waals surface area contributed by atoms with Gasteiger partial charge in [-0.1, -0.05) is 12.8 Å². The van der Waals surface area contributed by atoms with E-state index in [-0.39, 0.29) is 18.0 Å². The molecule has 154 valence electrons. The first-order chi connectivity index (χ1) is 13.3. The maximum Gasteiger partial charge on any atom is 0.317 e. The number of carbonyl (C=O) groups is 2. The van der Waals surface area contributed by atoms with Crippen molar-refractivity contribution in [3.05, 3.63) is 22.9 Å². The van der Waals surface area contributed by atoms with Crippen molar-refractivity contribution in [1.29, 1.82) is 0 Å². The maximum atomic E-state index is 12.7. The molecule has 1 aliphatic heterocycles. The quantitative estimate of drug-likeness (QED) is 0.833. The second-order valence-corrected chi connectivity index (χ2v) is 8.41. The fourth-order valence-electron chi connectivity index (χ4n) is 3.96. The average molecular weight is 388 g/mol. The minimum Gasteiger partial charge on any atom is -0.367 e. The average Bonchev–Trinajstić information content (AvgIpc) is 3.05. The van der Waals surface area contributed by atoms with Crippen molar-refractivity contribution in [3.63, 3.8) is 0 Å². The molecule has 1 aliphatic carbocycles. The lowest BCUT2D eigenvalue weighted by molar-refractivity contribution is 0.0828. The Morgan fingerprint density at radius 1 is 1.18 bits per heavy atom. The molecule has 0 atom stereocenters. The lowest BCUT2D eigenvalue weighted by atomic mass is 10.0. The van der Waals surface area contributed by atoms with E-state index in [1.807, 2.05) is 24.8 Å². The Bertz CT molecular complexity index is 726. The van der Waals surface area contributed by atoms with Gasteiger partial charge in [0.25, 0.3) is 5.91 Å². The van der Waals surface area contributed by atoms with E-state index in [1.165, 1.54) is 12.8 Å². The lowest BCUT2D eigenvalue weighted by Gasteiger charge is -2.23. The summed E-state index contributed by atoms with van der Waals surface area (Å²) in [7, 11) is 3.50. The number of fused-ring (bicyclic) bond motifs is 1. The first kappa shape index (κ1) is 20.4. The Labute approximate surface area is 167 Å². The fraction of sp³-hybridized carbons (Fsp3) is 0.667. The largest absolute Gasteiger partial charge is 0.367 e. The molecule has 2 N–H and O–H groups in total. The number of carbonyl (C=O) groups excluding carboxylic acids is 2. The van der Waals surface area contributed by atoms with Crippen LogP contribution in [0.5, 0.6) is 0 Å². The van der Waals surface area contributed by atoms with Gasteiger partial charge < -0.3 is 20.4 Å². The third-order valence-corrected chi connectivity index (χ3v) is 5.49. The summed E-state index contributed by atoms with van der Waals surface area (Å²) in [6, 6.07) is 2.50. The molecule has 2 heterocycles. The number of nitrogens with zero attached hydrogens (tertiary/aromatic N) is 3. The Kier molecular flexibility index (Phi) is 6.42. The summed E-state index contributed by atoms with van der Waals surface area (Å²) in [5.74, 6) is 0.579. The topological polar surface area (TPSA) is 77.6 Å². The number of hydrogen-bond acceptors (Lipinski definition) is 4. The van der Waals surface area contributed by atoms with Gasteiger partial charge in [-0.3, -0.25) is 4.79 Å². The Hall–Kier alpha value is -2.31. The monoisotopic (exact) mass is 387 g/mol. The van der Waals surface area contributed by atoms with Crippen LogP contribution in [0.25, 0.3) is 0 Å². The van der Waals surface area contributed by atoms with Crippen LogP contribution in [0.15, 0.2) is 6.07 Å². The number of anilines is 1. The van der Waals surface area contributed by atoms with E-state index in [9.17, 15) is 9.59 Å². The summed E-state index contributed by atoms with van der Waals surface area (Å²) in [6.45, 7) is 5.37. The van der Waals surface area contributed by atoms with Gasteiger partial charge in [-0.05, 0) is 44.7 Å². The Morgan fingerprint density at radius 3 is 2.50 bits per heavy atom. The van der Waals surface area contributed by atoms with Gasteiger partial charge in [0.05, 0.1) is 5.56 Å². The lowest BCUT2D eigenvalue weighted by Crippen LogP contribution is -2.45. The fourth-order valence-corrected chi connectivity index (χ4v) is 3.96. The Balaban J connectivity index is 1.78. The highest BCUT2D eigenvalue weighted by Crippen LogP contribution is 2.24. The molecular formula is C21H33N5O2. The molecule has 1 aromatic rings. The molecule has 1 fully saturated rings. The molecule has 0 bridgehead atoms. The van der Waals surface area contributed by atoms with Gasteiger partial charge >= 0.3 is 6.03 Å². The number of hydrogen-bond donors (Lipinski definition) is 2. The summed E-state index contributed by atoms with van der Waals surface area (Å²) in [4.78, 5) is 33.6. The normalized spacial score (nSPS) is 17.2. The van der Waals surface area contributed by atoms with Crippen LogP contribution in [0.2, 0.25) is 0 Å². The van der Waals surface area contributed by atoms with Crippen molar-refractivity contribution in [2.45, 2.75) is 64.5 Å². The second-order valence-electron chi connectivity index (χ2n) is 8.41. The summed E-state index contributed by atoms with van der Waals surface area (Å²) < 4.78 is 0. The van der Waals surface area contributed by atoms with E-state index in [0.717, 1.165) is 30.5 Å². The molecule has 3 amide bonds. The van der Waals surface area contributed by atoms with Crippen molar-refractivity contribution in [2.75, 3.05) is 32.5 Å². The predicted molar refractivity (Wildman–Crippen MR) is 111 cm³/mol. The van der Waals surface area contributed by atoms with Crippen LogP contribution in [0.3, 0.4) is 0 Å². The van der Waals surface area contributed by atoms with Gasteiger partial charge in [0.15, 0.2) is 0 Å². The molecule has 1 aromatic heterocycles. The van der Waals surface area contributed by atoms with Gasteiger partial charge in [0.1, 0.15) is 5.82 Å². The molecule has 0 aromatic carbocycles. The number of aromatic nitrogens is 1. The van der Waals surface area contributed by atoms with E-state index < -0.39 is 0 Å². The SMILES string of the molecule is CC(C)Nc1nc2c(cc1C(=O)N(C)C)CCN(C(=O)NC1CCCC1)CC2. The minimum atomic E-state index is -0.0569. The summed E-state index contributed by atoms with van der Waals surface area (Å²) in [5, 5.41) is 6.49. The van der Waals surface area contributed by atoms with Gasteiger partial charge in [-0.2, -0.15) is 0 Å². The number of urea groups is 1. The summed E-state index contributed by atoms with van der Waals surface area (Å²) >= 11 is 0. The standard InChI is InChI=1S/C21H33N5O2/c1-14(2)22-19-17(20(27)25(3)4)13-15-9-11-26(12-10-18(15)24-19)21(28)23-16-7-5-6-8-16/h13-14,16H,5-12H2,1-4H3,(H,22,24)(H,23,28). The van der Waals surface area contributed by atoms with Crippen LogP contribution < -0.4 is 10.6 Å². The molecule has 0 radical (unpaired) electrons. The molecule has 7 heteroatoms. The van der Waals surface area contributed by atoms with E-state index in [2.05, 4.69) is 10.6 Å². The first-order valence-corrected chi connectivity index (χ1v) is 10.4. The molecule has 0 unspecified atom stereocenters. The molecule has 28 heavy (non-hydrogen) atoms. The van der Waals surface area contributed by atoms with E-state index in [4.69, 9.17) is 4.98 Å². The van der Waals surface area contributed by atoms with Crippen molar-refractivity contribution in [1.82, 2.24) is 20.1 Å². The van der Waals surface area contributed by atoms with Gasteiger partial charge in [-0.15, -0.1) is 0 Å². The van der Waals surface area contributed by atoms with Gasteiger partial charge in [-0.25, -0.2) is 9.78 Å². The van der Waals surface area contributed by atoms with Crippen molar-refractivity contribution in [2.24, 2.45) is 0 Å². The molecule has 2 aliphatic rings. The van der Waals surface area contributed by atoms with E-state index in [1.54, 1.807) is 19.0 Å². The number of rotatable bonds is 4. The highest BCUT2D eigenvalue weighted by Gasteiger charge is 2.25. The van der Waals surface area contributed by atoms with Crippen LogP contribution in [0.1, 0.15) is 61.1 Å². The molecule has 1 saturated carbocycles. The van der Waals surface area contributed by atoms with Crippen LogP contribution in [-0.2, 0) is 12.8 Å². The van der Waals surface area contributed by atoms with Crippen LogP contribution in [-0.4, -0.2) is 66.0 Å². The Morgan fingerprint density at radius 2 is 1.86 bits per heavy atom. The minimum absolute atomic E-state index is 0.0322. The zero-order valence-electron chi connectivity index (χ0n) is 17.5. The number of amides is 3. The zero-order valence-corrected chi connectivity index (χ0v) is 17.5. The third-order valence-electron chi connectivity index (χ3n) is 5.49. The first-order valence-electron chi connectivity index (χ1n) is 10.4. The molecule has 3 rings (SSSR count). The molecule has 0 saturated heterocycles. The predicted octanol–water partition coefficient (Wildman–Crippen LogP) is 2.66. The van der Waals surface area contributed by atoms with E-state index >= 15 is 0 Å². The van der Waals surface area contributed by atoms with Crippen molar-refractivity contribution < 1.29 is 9.59 Å². The van der Waals surface area contributed by atoms with Crippen LogP contribution in [0, 0.1) is 0 Å². The third kappa shape index (κ3) is 4.75. The van der Waals surface area contributed by atoms with Crippen molar-refractivity contribution >= 4 is 17.8 Å². The van der Waals surface area contributed by atoms with Crippen molar-refractivity contribution in [3.8, 4) is 0 Å². The van der Waals surface area contributed by atoms with Crippen LogP contribution >= 0.6 is 0 Å². The summed E-state index contributed by atoms with van der Waals surface area (Å²) in [5.41, 5.74) is 2.65.